The van der Waals surface area contributed by atoms with Crippen LogP contribution in [-0.2, 0) is 4.79 Å². The Bertz CT molecular complexity index is 1000. The number of nitrogens with zero attached hydrogens (tertiary/aromatic N) is 1. The van der Waals surface area contributed by atoms with Gasteiger partial charge in [0.2, 0.25) is 0 Å². The normalized spacial score (nSPS) is 15.0. The second-order valence-electron chi connectivity index (χ2n) is 6.49. The summed E-state index contributed by atoms with van der Waals surface area (Å²) in [6.07, 6.45) is 3.66. The summed E-state index contributed by atoms with van der Waals surface area (Å²) in [6, 6.07) is 11.5. The molecular weight excluding hydrogens is 442 g/mol. The van der Waals surface area contributed by atoms with Gasteiger partial charge in [-0.25, -0.2) is 4.79 Å². The Labute approximate surface area is 190 Å². The Hall–Kier alpha value is -2.35. The van der Waals surface area contributed by atoms with Crippen LogP contribution in [0.1, 0.15) is 35.7 Å². The van der Waals surface area contributed by atoms with Gasteiger partial charge in [0.1, 0.15) is 4.32 Å². The van der Waals surface area contributed by atoms with Crippen molar-refractivity contribution in [3.8, 4) is 11.5 Å². The summed E-state index contributed by atoms with van der Waals surface area (Å²) in [4.78, 5) is 27.2. The average Bonchev–Trinajstić information content (AvgIpc) is 3.00. The second-order valence-corrected chi connectivity index (χ2v) is 8.61. The second kappa shape index (κ2) is 10.1. The van der Waals surface area contributed by atoms with Gasteiger partial charge < -0.3 is 9.47 Å². The summed E-state index contributed by atoms with van der Waals surface area (Å²) in [7, 11) is 1.49. The molecular formula is C22H20ClNO4S2. The lowest BCUT2D eigenvalue weighted by molar-refractivity contribution is -0.122. The molecule has 30 heavy (non-hydrogen) atoms. The van der Waals surface area contributed by atoms with E-state index in [4.69, 9.17) is 33.3 Å². The van der Waals surface area contributed by atoms with Crippen LogP contribution in [0.25, 0.3) is 6.08 Å². The molecule has 1 heterocycles. The van der Waals surface area contributed by atoms with Gasteiger partial charge in [0, 0.05) is 11.6 Å². The summed E-state index contributed by atoms with van der Waals surface area (Å²) in [6.45, 7) is 2.70. The third-order valence-electron chi connectivity index (χ3n) is 4.38. The largest absolute Gasteiger partial charge is 0.493 e. The maximum Gasteiger partial charge on any atom is 0.343 e. The number of esters is 1. The van der Waals surface area contributed by atoms with Crippen LogP contribution in [0.15, 0.2) is 47.4 Å². The predicted molar refractivity (Wildman–Crippen MR) is 124 cm³/mol. The SMILES string of the molecule is CCCCN1C(=O)C(=Cc2ccc(OC(=O)c3ccc(Cl)cc3)c(OC)c2)SC1=S. The number of carbonyl (C=O) groups is 2. The van der Waals surface area contributed by atoms with Crippen LogP contribution >= 0.6 is 35.6 Å². The van der Waals surface area contributed by atoms with Crippen molar-refractivity contribution in [1.82, 2.24) is 4.90 Å². The molecule has 0 radical (unpaired) electrons. The van der Waals surface area contributed by atoms with Crippen molar-refractivity contribution >= 4 is 57.9 Å². The Kier molecular flexibility index (Phi) is 7.53. The quantitative estimate of drug-likeness (QED) is 0.232. The first kappa shape index (κ1) is 22.3. The van der Waals surface area contributed by atoms with Crippen molar-refractivity contribution in [2.24, 2.45) is 0 Å². The third kappa shape index (κ3) is 5.22. The van der Waals surface area contributed by atoms with Crippen LogP contribution in [-0.4, -0.2) is 34.8 Å². The lowest BCUT2D eigenvalue weighted by atomic mass is 10.1. The highest BCUT2D eigenvalue weighted by molar-refractivity contribution is 8.26. The number of benzene rings is 2. The fraction of sp³-hybridized carbons (Fsp3) is 0.227. The van der Waals surface area contributed by atoms with Crippen LogP contribution < -0.4 is 9.47 Å². The average molecular weight is 462 g/mol. The molecule has 5 nitrogen and oxygen atoms in total. The van der Waals surface area contributed by atoms with E-state index in [0.29, 0.717) is 32.1 Å². The Morgan fingerprint density at radius 2 is 1.93 bits per heavy atom. The molecule has 156 valence electrons. The predicted octanol–water partition coefficient (Wildman–Crippen LogP) is 5.57. The van der Waals surface area contributed by atoms with Crippen molar-refractivity contribution in [3.05, 3.63) is 63.5 Å². The zero-order valence-corrected chi connectivity index (χ0v) is 18.9. The molecule has 0 aromatic heterocycles. The molecule has 2 aromatic carbocycles. The van der Waals surface area contributed by atoms with Gasteiger partial charge in [-0.2, -0.15) is 0 Å². The molecule has 0 N–H and O–H groups in total. The van der Waals surface area contributed by atoms with Gasteiger partial charge in [-0.3, -0.25) is 9.69 Å². The first-order chi connectivity index (χ1) is 14.4. The lowest BCUT2D eigenvalue weighted by Crippen LogP contribution is -2.28. The Morgan fingerprint density at radius 3 is 2.60 bits per heavy atom. The summed E-state index contributed by atoms with van der Waals surface area (Å²) < 4.78 is 11.4. The van der Waals surface area contributed by atoms with Gasteiger partial charge in [0.05, 0.1) is 17.6 Å². The first-order valence-corrected chi connectivity index (χ1v) is 10.9. The summed E-state index contributed by atoms with van der Waals surface area (Å²) in [5, 5.41) is 0.536. The van der Waals surface area contributed by atoms with Gasteiger partial charge in [-0.15, -0.1) is 0 Å². The van der Waals surface area contributed by atoms with E-state index in [2.05, 4.69) is 6.92 Å². The van der Waals surface area contributed by atoms with Crippen LogP contribution in [0.5, 0.6) is 11.5 Å². The smallest absolute Gasteiger partial charge is 0.343 e. The molecule has 0 saturated carbocycles. The van der Waals surface area contributed by atoms with Gasteiger partial charge >= 0.3 is 5.97 Å². The van der Waals surface area contributed by atoms with E-state index < -0.39 is 5.97 Å². The molecule has 0 spiro atoms. The molecule has 1 saturated heterocycles. The Morgan fingerprint density at radius 1 is 1.20 bits per heavy atom. The standard InChI is InChI=1S/C22H20ClNO4S2/c1-3-4-11-24-20(25)19(30-22(24)29)13-14-5-10-17(18(12-14)27-2)28-21(26)15-6-8-16(23)9-7-15/h5-10,12-13H,3-4,11H2,1-2H3. The monoisotopic (exact) mass is 461 g/mol. The number of hydrogen-bond acceptors (Lipinski definition) is 6. The molecule has 8 heteroatoms. The van der Waals surface area contributed by atoms with Crippen molar-refractivity contribution in [3.63, 3.8) is 0 Å². The van der Waals surface area contributed by atoms with Crippen LogP contribution in [0.4, 0.5) is 0 Å². The van der Waals surface area contributed by atoms with Gasteiger partial charge in [0.15, 0.2) is 11.5 Å². The highest BCUT2D eigenvalue weighted by Gasteiger charge is 2.31. The molecule has 2 aromatic rings. The number of carbonyl (C=O) groups excluding carboxylic acids is 2. The molecule has 1 amide bonds. The maximum absolute atomic E-state index is 12.6. The van der Waals surface area contributed by atoms with Crippen molar-refractivity contribution < 1.29 is 19.1 Å². The summed E-state index contributed by atoms with van der Waals surface area (Å²) in [5.41, 5.74) is 1.12. The molecule has 3 rings (SSSR count). The number of ether oxygens (including phenoxy) is 2. The number of amides is 1. The van der Waals surface area contributed by atoms with E-state index in [-0.39, 0.29) is 11.7 Å². The molecule has 1 aliphatic rings. The summed E-state index contributed by atoms with van der Waals surface area (Å²) in [5.74, 6) is 0.0581. The molecule has 0 aliphatic carbocycles. The number of halogens is 1. The molecule has 1 fully saturated rings. The fourth-order valence-corrected chi connectivity index (χ4v) is 4.20. The number of rotatable bonds is 7. The number of methoxy groups -OCH3 is 1. The van der Waals surface area contributed by atoms with Crippen LogP contribution in [0, 0.1) is 0 Å². The van der Waals surface area contributed by atoms with Crippen LogP contribution in [0.2, 0.25) is 5.02 Å². The van der Waals surface area contributed by atoms with Crippen molar-refractivity contribution in [1.29, 1.82) is 0 Å². The van der Waals surface area contributed by atoms with Crippen LogP contribution in [0.3, 0.4) is 0 Å². The minimum atomic E-state index is -0.519. The van der Waals surface area contributed by atoms with Crippen molar-refractivity contribution in [2.75, 3.05) is 13.7 Å². The minimum absolute atomic E-state index is 0.0874. The number of thiocarbonyl (C=S) groups is 1. The highest BCUT2D eigenvalue weighted by Crippen LogP contribution is 2.35. The van der Waals surface area contributed by atoms with E-state index in [1.54, 1.807) is 53.4 Å². The first-order valence-electron chi connectivity index (χ1n) is 9.34. The van der Waals surface area contributed by atoms with E-state index in [9.17, 15) is 9.59 Å². The van der Waals surface area contributed by atoms with E-state index >= 15 is 0 Å². The molecule has 0 atom stereocenters. The zero-order valence-electron chi connectivity index (χ0n) is 16.5. The molecule has 1 aliphatic heterocycles. The van der Waals surface area contributed by atoms with Crippen molar-refractivity contribution in [2.45, 2.75) is 19.8 Å². The number of unbranched alkanes of at least 4 members (excludes halogenated alkanes) is 1. The third-order valence-corrected chi connectivity index (χ3v) is 6.01. The molecule has 0 bridgehead atoms. The number of hydrogen-bond donors (Lipinski definition) is 0. The van der Waals surface area contributed by atoms with Gasteiger partial charge in [-0.1, -0.05) is 55.0 Å². The highest BCUT2D eigenvalue weighted by atomic mass is 35.5. The van der Waals surface area contributed by atoms with E-state index in [0.717, 1.165) is 18.4 Å². The maximum atomic E-state index is 12.6. The number of thioether (sulfide) groups is 1. The van der Waals surface area contributed by atoms with E-state index in [1.807, 2.05) is 0 Å². The fourth-order valence-electron chi connectivity index (χ4n) is 2.76. The zero-order chi connectivity index (χ0) is 21.7. The van der Waals surface area contributed by atoms with E-state index in [1.165, 1.54) is 18.9 Å². The van der Waals surface area contributed by atoms with Gasteiger partial charge in [-0.05, 0) is 54.5 Å². The molecule has 0 unspecified atom stereocenters. The minimum Gasteiger partial charge on any atom is -0.493 e. The lowest BCUT2D eigenvalue weighted by Gasteiger charge is -2.13. The Balaban J connectivity index is 1.78. The van der Waals surface area contributed by atoms with Gasteiger partial charge in [0.25, 0.3) is 5.91 Å². The summed E-state index contributed by atoms with van der Waals surface area (Å²) >= 11 is 12.5. The topological polar surface area (TPSA) is 55.8 Å².